The van der Waals surface area contributed by atoms with E-state index in [4.69, 9.17) is 0 Å². The Bertz CT molecular complexity index is 853. The zero-order chi connectivity index (χ0) is 13.5. The molecule has 0 spiro atoms. The number of aromatic amines is 1. The standard InChI is InChI=1S/C13H10N2O3S/c16-19(17,18)12-8-4-2-6-10(12)13-9-5-1-3-7-11(9)14-15-13/h1-8H,(H,14,15)(H,16,17,18). The summed E-state index contributed by atoms with van der Waals surface area (Å²) < 4.78 is 32.1. The Hall–Kier alpha value is -2.18. The largest absolute Gasteiger partial charge is 0.295 e. The van der Waals surface area contributed by atoms with Gasteiger partial charge in [-0.1, -0.05) is 36.4 Å². The third-order valence-electron chi connectivity index (χ3n) is 2.89. The summed E-state index contributed by atoms with van der Waals surface area (Å²) in [6.07, 6.45) is 0. The molecule has 0 unspecified atom stereocenters. The van der Waals surface area contributed by atoms with Crippen LogP contribution in [-0.4, -0.2) is 23.2 Å². The minimum atomic E-state index is -4.28. The topological polar surface area (TPSA) is 83.1 Å². The second-order valence-corrected chi connectivity index (χ2v) is 5.48. The molecule has 3 aromatic rings. The zero-order valence-electron chi connectivity index (χ0n) is 9.74. The van der Waals surface area contributed by atoms with Gasteiger partial charge in [0.15, 0.2) is 0 Å². The Morgan fingerprint density at radius 3 is 2.47 bits per heavy atom. The third kappa shape index (κ3) is 2.00. The Kier molecular flexibility index (Phi) is 2.62. The van der Waals surface area contributed by atoms with E-state index >= 15 is 0 Å². The van der Waals surface area contributed by atoms with Gasteiger partial charge in [-0.05, 0) is 12.1 Å². The molecule has 1 heterocycles. The van der Waals surface area contributed by atoms with Crippen molar-refractivity contribution in [3.8, 4) is 11.3 Å². The van der Waals surface area contributed by atoms with Gasteiger partial charge in [0.05, 0.1) is 5.52 Å². The number of rotatable bonds is 2. The molecule has 3 rings (SSSR count). The van der Waals surface area contributed by atoms with Gasteiger partial charge in [-0.25, -0.2) is 0 Å². The summed E-state index contributed by atoms with van der Waals surface area (Å²) in [5.74, 6) is 0. The normalized spacial score (nSPS) is 11.8. The minimum Gasteiger partial charge on any atom is -0.282 e. The molecule has 0 saturated heterocycles. The van der Waals surface area contributed by atoms with Gasteiger partial charge >= 0.3 is 0 Å². The highest BCUT2D eigenvalue weighted by molar-refractivity contribution is 7.86. The molecule has 0 amide bonds. The number of fused-ring (bicyclic) bond motifs is 1. The number of H-pyrrole nitrogens is 1. The molecular weight excluding hydrogens is 264 g/mol. The van der Waals surface area contributed by atoms with E-state index in [2.05, 4.69) is 10.2 Å². The van der Waals surface area contributed by atoms with E-state index in [1.54, 1.807) is 18.2 Å². The number of aromatic nitrogens is 2. The maximum atomic E-state index is 11.4. The summed E-state index contributed by atoms with van der Waals surface area (Å²) >= 11 is 0. The van der Waals surface area contributed by atoms with Crippen molar-refractivity contribution in [3.63, 3.8) is 0 Å². The summed E-state index contributed by atoms with van der Waals surface area (Å²) in [5, 5.41) is 7.78. The molecule has 0 atom stereocenters. The molecule has 0 aliphatic rings. The van der Waals surface area contributed by atoms with Crippen LogP contribution in [0.3, 0.4) is 0 Å². The lowest BCUT2D eigenvalue weighted by Crippen LogP contribution is -2.00. The van der Waals surface area contributed by atoms with Crippen LogP contribution in [0.5, 0.6) is 0 Å². The van der Waals surface area contributed by atoms with Crippen molar-refractivity contribution in [1.82, 2.24) is 10.2 Å². The van der Waals surface area contributed by atoms with Crippen molar-refractivity contribution in [2.75, 3.05) is 0 Å². The lowest BCUT2D eigenvalue weighted by molar-refractivity contribution is 0.483. The molecule has 0 bridgehead atoms. The molecule has 0 aliphatic heterocycles. The summed E-state index contributed by atoms with van der Waals surface area (Å²) in [5.41, 5.74) is 1.69. The van der Waals surface area contributed by atoms with Gasteiger partial charge in [-0.3, -0.25) is 9.65 Å². The van der Waals surface area contributed by atoms with Gasteiger partial charge in [0, 0.05) is 10.9 Å². The van der Waals surface area contributed by atoms with Crippen molar-refractivity contribution in [2.24, 2.45) is 0 Å². The fourth-order valence-corrected chi connectivity index (χ4v) is 2.75. The molecule has 1 aromatic heterocycles. The molecule has 0 radical (unpaired) electrons. The Morgan fingerprint density at radius 1 is 1.00 bits per heavy atom. The van der Waals surface area contributed by atoms with Crippen LogP contribution < -0.4 is 0 Å². The van der Waals surface area contributed by atoms with Crippen molar-refractivity contribution >= 4 is 21.0 Å². The summed E-state index contributed by atoms with van der Waals surface area (Å²) in [7, 11) is -4.28. The second kappa shape index (κ2) is 4.18. The molecule has 96 valence electrons. The summed E-state index contributed by atoms with van der Waals surface area (Å²) in [4.78, 5) is -0.146. The third-order valence-corrected chi connectivity index (χ3v) is 3.80. The highest BCUT2D eigenvalue weighted by Crippen LogP contribution is 2.30. The monoisotopic (exact) mass is 274 g/mol. The zero-order valence-corrected chi connectivity index (χ0v) is 10.6. The Labute approximate surface area is 109 Å². The van der Waals surface area contributed by atoms with Crippen LogP contribution in [0.1, 0.15) is 0 Å². The van der Waals surface area contributed by atoms with Gasteiger partial charge in [0.1, 0.15) is 10.6 Å². The van der Waals surface area contributed by atoms with E-state index in [-0.39, 0.29) is 4.90 Å². The smallest absolute Gasteiger partial charge is 0.282 e. The summed E-state index contributed by atoms with van der Waals surface area (Å²) in [6, 6.07) is 13.6. The first kappa shape index (κ1) is 11.9. The van der Waals surface area contributed by atoms with Crippen molar-refractivity contribution in [2.45, 2.75) is 4.90 Å². The number of hydrogen-bond acceptors (Lipinski definition) is 3. The van der Waals surface area contributed by atoms with Gasteiger partial charge < -0.3 is 0 Å². The Morgan fingerprint density at radius 2 is 1.68 bits per heavy atom. The fraction of sp³-hybridized carbons (Fsp3) is 0. The average Bonchev–Trinajstić information content (AvgIpc) is 2.81. The average molecular weight is 274 g/mol. The van der Waals surface area contributed by atoms with Gasteiger partial charge in [0.2, 0.25) is 0 Å². The number of benzene rings is 2. The van der Waals surface area contributed by atoms with Crippen molar-refractivity contribution in [3.05, 3.63) is 48.5 Å². The molecule has 19 heavy (non-hydrogen) atoms. The molecule has 5 nitrogen and oxygen atoms in total. The predicted octanol–water partition coefficient (Wildman–Crippen LogP) is 2.48. The van der Waals surface area contributed by atoms with Crippen LogP contribution in [0, 0.1) is 0 Å². The SMILES string of the molecule is O=S(=O)(O)c1ccccc1-c1n[nH]c2ccccc12. The van der Waals surface area contributed by atoms with Gasteiger partial charge in [-0.15, -0.1) is 0 Å². The first-order valence-corrected chi connectivity index (χ1v) is 7.01. The van der Waals surface area contributed by atoms with Crippen LogP contribution in [0.4, 0.5) is 0 Å². The number of nitrogens with zero attached hydrogens (tertiary/aromatic N) is 1. The molecule has 0 aliphatic carbocycles. The van der Waals surface area contributed by atoms with E-state index in [1.165, 1.54) is 6.07 Å². The second-order valence-electron chi connectivity index (χ2n) is 4.09. The van der Waals surface area contributed by atoms with Gasteiger partial charge in [0.25, 0.3) is 10.1 Å². The molecule has 2 aromatic carbocycles. The van der Waals surface area contributed by atoms with E-state index in [0.717, 1.165) is 10.9 Å². The molecule has 0 fully saturated rings. The Balaban J connectivity index is 2.34. The minimum absolute atomic E-state index is 0.146. The van der Waals surface area contributed by atoms with Crippen molar-refractivity contribution < 1.29 is 13.0 Å². The summed E-state index contributed by atoms with van der Waals surface area (Å²) in [6.45, 7) is 0. The predicted molar refractivity (Wildman–Crippen MR) is 71.3 cm³/mol. The highest BCUT2D eigenvalue weighted by Gasteiger charge is 2.19. The van der Waals surface area contributed by atoms with Crippen molar-refractivity contribution in [1.29, 1.82) is 0 Å². The van der Waals surface area contributed by atoms with E-state index < -0.39 is 10.1 Å². The molecular formula is C13H10N2O3S. The fourth-order valence-electron chi connectivity index (χ4n) is 2.06. The highest BCUT2D eigenvalue weighted by atomic mass is 32.2. The first-order chi connectivity index (χ1) is 9.07. The lowest BCUT2D eigenvalue weighted by atomic mass is 10.1. The number of para-hydroxylation sites is 1. The van der Waals surface area contributed by atoms with E-state index in [0.29, 0.717) is 11.3 Å². The van der Waals surface area contributed by atoms with E-state index in [1.807, 2.05) is 24.3 Å². The number of hydrogen-bond donors (Lipinski definition) is 2. The van der Waals surface area contributed by atoms with Crippen LogP contribution in [0.15, 0.2) is 53.4 Å². The van der Waals surface area contributed by atoms with E-state index in [9.17, 15) is 13.0 Å². The van der Waals surface area contributed by atoms with Crippen LogP contribution in [0.25, 0.3) is 22.2 Å². The molecule has 6 heteroatoms. The first-order valence-electron chi connectivity index (χ1n) is 5.57. The molecule has 0 saturated carbocycles. The number of nitrogens with one attached hydrogen (secondary N) is 1. The maximum absolute atomic E-state index is 11.4. The quantitative estimate of drug-likeness (QED) is 0.703. The van der Waals surface area contributed by atoms with Gasteiger partial charge in [-0.2, -0.15) is 13.5 Å². The van der Waals surface area contributed by atoms with Crippen LogP contribution >= 0.6 is 0 Å². The van der Waals surface area contributed by atoms with Crippen LogP contribution in [0.2, 0.25) is 0 Å². The van der Waals surface area contributed by atoms with Crippen LogP contribution in [-0.2, 0) is 10.1 Å². The maximum Gasteiger partial charge on any atom is 0.295 e. The molecule has 2 N–H and O–H groups in total. The lowest BCUT2D eigenvalue weighted by Gasteiger charge is -2.04.